The molecule has 0 heterocycles. The number of nitrogens with one attached hydrogen (secondary N) is 1. The van der Waals surface area contributed by atoms with Crippen LogP contribution in [-0.4, -0.2) is 6.04 Å². The second kappa shape index (κ2) is 5.86. The maximum atomic E-state index is 13.0. The minimum Gasteiger partial charge on any atom is -0.307 e. The maximum Gasteiger partial charge on any atom is 0.123 e. The van der Waals surface area contributed by atoms with Crippen LogP contribution < -0.4 is 5.32 Å². The highest BCUT2D eigenvalue weighted by molar-refractivity contribution is 5.19. The van der Waals surface area contributed by atoms with Crippen molar-refractivity contribution >= 4 is 0 Å². The molecule has 0 saturated carbocycles. The van der Waals surface area contributed by atoms with Gasteiger partial charge in [-0.2, -0.15) is 0 Å². The fourth-order valence-corrected chi connectivity index (χ4v) is 1.75. The lowest BCUT2D eigenvalue weighted by Crippen LogP contribution is -2.30. The lowest BCUT2D eigenvalue weighted by molar-refractivity contribution is 0.431. The Balaban J connectivity index is 2.64. The lowest BCUT2D eigenvalue weighted by Gasteiger charge is -2.21. The van der Waals surface area contributed by atoms with Crippen LogP contribution in [0.3, 0.4) is 0 Å². The Morgan fingerprint density at radius 1 is 1.27 bits per heavy atom. The molecule has 1 nitrogen and oxygen atoms in total. The van der Waals surface area contributed by atoms with Crippen LogP contribution in [-0.2, 0) is 0 Å². The van der Waals surface area contributed by atoms with E-state index in [0.717, 1.165) is 18.4 Å². The molecule has 2 heteroatoms. The highest BCUT2D eigenvalue weighted by Crippen LogP contribution is 2.15. The average Bonchev–Trinajstić information content (AvgIpc) is 2.25. The zero-order valence-electron chi connectivity index (χ0n) is 9.76. The molecule has 15 heavy (non-hydrogen) atoms. The van der Waals surface area contributed by atoms with Gasteiger partial charge in [0.25, 0.3) is 0 Å². The molecule has 0 aliphatic rings. The first-order valence-corrected chi connectivity index (χ1v) is 5.68. The Morgan fingerprint density at radius 3 is 2.47 bits per heavy atom. The van der Waals surface area contributed by atoms with Crippen molar-refractivity contribution in [1.82, 2.24) is 5.32 Å². The number of rotatable bonds is 5. The highest BCUT2D eigenvalue weighted by Gasteiger charge is 2.10. The lowest BCUT2D eigenvalue weighted by atomic mass is 10.1. The van der Waals surface area contributed by atoms with Gasteiger partial charge in [-0.25, -0.2) is 4.39 Å². The largest absolute Gasteiger partial charge is 0.307 e. The van der Waals surface area contributed by atoms with E-state index in [1.807, 2.05) is 6.07 Å². The summed E-state index contributed by atoms with van der Waals surface area (Å²) in [6, 6.07) is 7.53. The van der Waals surface area contributed by atoms with Crippen LogP contribution in [0.1, 0.15) is 45.2 Å². The summed E-state index contributed by atoms with van der Waals surface area (Å²) in [5.74, 6) is -0.161. The van der Waals surface area contributed by atoms with Crippen molar-refractivity contribution in [3.05, 3.63) is 35.6 Å². The van der Waals surface area contributed by atoms with Gasteiger partial charge < -0.3 is 5.32 Å². The fraction of sp³-hybridized carbons (Fsp3) is 0.538. The molecule has 1 N–H and O–H groups in total. The molecule has 0 spiro atoms. The van der Waals surface area contributed by atoms with E-state index in [0.29, 0.717) is 6.04 Å². The number of hydrogen-bond acceptors (Lipinski definition) is 1. The van der Waals surface area contributed by atoms with Crippen molar-refractivity contribution in [3.63, 3.8) is 0 Å². The molecule has 0 fully saturated rings. The summed E-state index contributed by atoms with van der Waals surface area (Å²) in [4.78, 5) is 0. The van der Waals surface area contributed by atoms with Crippen molar-refractivity contribution in [1.29, 1.82) is 0 Å². The van der Waals surface area contributed by atoms with Gasteiger partial charge in [0.1, 0.15) is 5.82 Å². The molecule has 0 unspecified atom stereocenters. The number of hydrogen-bond donors (Lipinski definition) is 1. The van der Waals surface area contributed by atoms with E-state index in [1.54, 1.807) is 12.1 Å². The molecule has 1 atom stereocenters. The molecular weight excluding hydrogens is 189 g/mol. The topological polar surface area (TPSA) is 12.0 Å². The van der Waals surface area contributed by atoms with Crippen molar-refractivity contribution in [2.45, 2.75) is 45.7 Å². The maximum absolute atomic E-state index is 13.0. The monoisotopic (exact) mass is 209 g/mol. The van der Waals surface area contributed by atoms with Crippen LogP contribution in [0.25, 0.3) is 0 Å². The molecule has 0 bridgehead atoms. The first kappa shape index (κ1) is 12.2. The molecule has 0 aliphatic heterocycles. The molecule has 1 aromatic rings. The quantitative estimate of drug-likeness (QED) is 0.780. The van der Waals surface area contributed by atoms with E-state index >= 15 is 0 Å². The summed E-state index contributed by atoms with van der Waals surface area (Å²) in [6.07, 6.45) is 2.21. The van der Waals surface area contributed by atoms with Gasteiger partial charge in [-0.3, -0.25) is 0 Å². The molecule has 0 saturated heterocycles. The van der Waals surface area contributed by atoms with E-state index in [2.05, 4.69) is 26.1 Å². The van der Waals surface area contributed by atoms with Crippen molar-refractivity contribution in [2.75, 3.05) is 0 Å². The smallest absolute Gasteiger partial charge is 0.123 e. The van der Waals surface area contributed by atoms with Gasteiger partial charge >= 0.3 is 0 Å². The van der Waals surface area contributed by atoms with E-state index in [9.17, 15) is 4.39 Å². The molecular formula is C13H20FN. The Morgan fingerprint density at radius 2 is 1.93 bits per heavy atom. The van der Waals surface area contributed by atoms with Gasteiger partial charge in [-0.05, 0) is 37.5 Å². The molecule has 0 aliphatic carbocycles. The van der Waals surface area contributed by atoms with Crippen LogP contribution in [0.5, 0.6) is 0 Å². The van der Waals surface area contributed by atoms with Gasteiger partial charge in [0.05, 0.1) is 0 Å². The SMILES string of the molecule is CCC(CC)N[C@H](C)c1cccc(F)c1. The fourth-order valence-electron chi connectivity index (χ4n) is 1.75. The van der Waals surface area contributed by atoms with Crippen LogP contribution in [0.2, 0.25) is 0 Å². The second-order valence-corrected chi connectivity index (χ2v) is 3.96. The minimum absolute atomic E-state index is 0.161. The third kappa shape index (κ3) is 3.63. The standard InChI is InChI=1S/C13H20FN/c1-4-13(5-2)15-10(3)11-7-6-8-12(14)9-11/h6-10,13,15H,4-5H2,1-3H3/t10-/m1/s1. The predicted molar refractivity (Wildman–Crippen MR) is 62.3 cm³/mol. The summed E-state index contributed by atoms with van der Waals surface area (Å²) in [7, 11) is 0. The summed E-state index contributed by atoms with van der Waals surface area (Å²) in [5.41, 5.74) is 1.02. The van der Waals surface area contributed by atoms with Gasteiger partial charge in [0.2, 0.25) is 0 Å². The van der Waals surface area contributed by atoms with Crippen LogP contribution in [0, 0.1) is 5.82 Å². The van der Waals surface area contributed by atoms with E-state index in [4.69, 9.17) is 0 Å². The predicted octanol–water partition coefficient (Wildman–Crippen LogP) is 3.66. The molecule has 0 amide bonds. The minimum atomic E-state index is -0.161. The Bertz CT molecular complexity index is 294. The molecule has 1 rings (SSSR count). The van der Waals surface area contributed by atoms with Crippen molar-refractivity contribution in [2.24, 2.45) is 0 Å². The molecule has 0 radical (unpaired) electrons. The normalized spacial score (nSPS) is 13.1. The third-order valence-corrected chi connectivity index (χ3v) is 2.82. The van der Waals surface area contributed by atoms with E-state index in [-0.39, 0.29) is 11.9 Å². The van der Waals surface area contributed by atoms with Crippen molar-refractivity contribution < 1.29 is 4.39 Å². The van der Waals surface area contributed by atoms with Gasteiger partial charge in [-0.15, -0.1) is 0 Å². The average molecular weight is 209 g/mol. The number of benzene rings is 1. The Hall–Kier alpha value is -0.890. The molecule has 0 aromatic heterocycles. The van der Waals surface area contributed by atoms with Gasteiger partial charge in [-0.1, -0.05) is 26.0 Å². The van der Waals surface area contributed by atoms with E-state index in [1.165, 1.54) is 6.07 Å². The van der Waals surface area contributed by atoms with Crippen molar-refractivity contribution in [3.8, 4) is 0 Å². The molecule has 1 aromatic carbocycles. The van der Waals surface area contributed by atoms with Gasteiger partial charge in [0, 0.05) is 12.1 Å². The summed E-state index contributed by atoms with van der Waals surface area (Å²) in [6.45, 7) is 6.41. The Labute approximate surface area is 91.7 Å². The zero-order chi connectivity index (χ0) is 11.3. The summed E-state index contributed by atoms with van der Waals surface area (Å²) < 4.78 is 13.0. The van der Waals surface area contributed by atoms with E-state index < -0.39 is 0 Å². The summed E-state index contributed by atoms with van der Waals surface area (Å²) >= 11 is 0. The summed E-state index contributed by atoms with van der Waals surface area (Å²) in [5, 5.41) is 3.49. The first-order chi connectivity index (χ1) is 7.17. The third-order valence-electron chi connectivity index (χ3n) is 2.82. The molecule has 84 valence electrons. The van der Waals surface area contributed by atoms with Gasteiger partial charge in [0.15, 0.2) is 0 Å². The van der Waals surface area contributed by atoms with Crippen LogP contribution >= 0.6 is 0 Å². The van der Waals surface area contributed by atoms with Crippen LogP contribution in [0.15, 0.2) is 24.3 Å². The first-order valence-electron chi connectivity index (χ1n) is 5.68. The Kier molecular flexibility index (Phi) is 4.76. The second-order valence-electron chi connectivity index (χ2n) is 3.96. The van der Waals surface area contributed by atoms with Crippen LogP contribution in [0.4, 0.5) is 4.39 Å². The zero-order valence-corrected chi connectivity index (χ0v) is 9.76. The number of halogens is 1. The highest BCUT2D eigenvalue weighted by atomic mass is 19.1.